The van der Waals surface area contributed by atoms with Crippen LogP contribution in [-0.2, 0) is 21.6 Å². The fraction of sp³-hybridized carbons (Fsp3) is 0.310. The Morgan fingerprint density at radius 3 is 2.27 bits per heavy atom. The van der Waals surface area contributed by atoms with Crippen molar-refractivity contribution in [2.24, 2.45) is 11.7 Å². The number of anilines is 1. The Morgan fingerprint density at radius 2 is 1.73 bits per heavy atom. The zero-order chi connectivity index (χ0) is 26.4. The topological polar surface area (TPSA) is 105 Å². The SMILES string of the molecule is COc1cc(NC(=O)CCN2CCC(C(C(N)=O)(c3ccccc3)c3ccccc3)C2)c(Cl)cc1CO. The summed E-state index contributed by atoms with van der Waals surface area (Å²) in [5, 5.41) is 12.6. The third-order valence-corrected chi connectivity index (χ3v) is 7.51. The van der Waals surface area contributed by atoms with Gasteiger partial charge in [0, 0.05) is 31.1 Å². The quantitative estimate of drug-likeness (QED) is 0.374. The van der Waals surface area contributed by atoms with E-state index in [0.29, 0.717) is 35.1 Å². The Labute approximate surface area is 222 Å². The van der Waals surface area contributed by atoms with E-state index in [4.69, 9.17) is 22.1 Å². The van der Waals surface area contributed by atoms with Crippen LogP contribution in [0.15, 0.2) is 72.8 Å². The molecule has 0 bridgehead atoms. The highest BCUT2D eigenvalue weighted by Gasteiger charge is 2.49. The summed E-state index contributed by atoms with van der Waals surface area (Å²) < 4.78 is 5.27. The first-order valence-electron chi connectivity index (χ1n) is 12.3. The second kappa shape index (κ2) is 11.8. The van der Waals surface area contributed by atoms with Gasteiger partial charge in [-0.05, 0) is 36.1 Å². The fourth-order valence-corrected chi connectivity index (χ4v) is 5.62. The summed E-state index contributed by atoms with van der Waals surface area (Å²) in [6.07, 6.45) is 1.04. The van der Waals surface area contributed by atoms with Crippen LogP contribution in [0.25, 0.3) is 0 Å². The molecule has 1 fully saturated rings. The molecule has 4 rings (SSSR count). The summed E-state index contributed by atoms with van der Waals surface area (Å²) in [7, 11) is 1.49. The van der Waals surface area contributed by atoms with Crippen LogP contribution in [0.5, 0.6) is 5.75 Å². The molecule has 1 aliphatic rings. The molecule has 194 valence electrons. The highest BCUT2D eigenvalue weighted by atomic mass is 35.5. The normalized spacial score (nSPS) is 15.9. The predicted molar refractivity (Wildman–Crippen MR) is 145 cm³/mol. The minimum Gasteiger partial charge on any atom is -0.496 e. The molecule has 1 saturated heterocycles. The zero-order valence-electron chi connectivity index (χ0n) is 20.8. The molecule has 0 aliphatic carbocycles. The van der Waals surface area contributed by atoms with Gasteiger partial charge < -0.3 is 25.8 Å². The van der Waals surface area contributed by atoms with E-state index < -0.39 is 5.41 Å². The minimum absolute atomic E-state index is 0.0393. The maximum Gasteiger partial charge on any atom is 0.232 e. The van der Waals surface area contributed by atoms with Crippen LogP contribution in [-0.4, -0.2) is 48.6 Å². The lowest BCUT2D eigenvalue weighted by molar-refractivity contribution is -0.124. The van der Waals surface area contributed by atoms with Gasteiger partial charge in [-0.2, -0.15) is 0 Å². The third kappa shape index (κ3) is 5.49. The van der Waals surface area contributed by atoms with Gasteiger partial charge in [0.2, 0.25) is 11.8 Å². The largest absolute Gasteiger partial charge is 0.496 e. The number of carbonyl (C=O) groups is 2. The average Bonchev–Trinajstić information content (AvgIpc) is 3.39. The number of nitrogens with two attached hydrogens (primary N) is 1. The maximum absolute atomic E-state index is 13.2. The van der Waals surface area contributed by atoms with E-state index in [2.05, 4.69) is 10.2 Å². The van der Waals surface area contributed by atoms with Crippen molar-refractivity contribution in [1.29, 1.82) is 0 Å². The van der Waals surface area contributed by atoms with Crippen molar-refractivity contribution in [3.63, 3.8) is 0 Å². The van der Waals surface area contributed by atoms with E-state index in [1.165, 1.54) is 7.11 Å². The fourth-order valence-electron chi connectivity index (χ4n) is 5.39. The Kier molecular flexibility index (Phi) is 8.48. The second-order valence-electron chi connectivity index (χ2n) is 9.29. The third-order valence-electron chi connectivity index (χ3n) is 7.20. The molecular weight excluding hydrogens is 490 g/mol. The number of hydrogen-bond acceptors (Lipinski definition) is 5. The van der Waals surface area contributed by atoms with Gasteiger partial charge in [-0.1, -0.05) is 72.3 Å². The van der Waals surface area contributed by atoms with Gasteiger partial charge in [-0.25, -0.2) is 0 Å². The Bertz CT molecular complexity index is 1200. The number of nitrogens with zero attached hydrogens (tertiary/aromatic N) is 1. The lowest BCUT2D eigenvalue weighted by Gasteiger charge is -2.37. The number of nitrogens with one attached hydrogen (secondary N) is 1. The first kappa shape index (κ1) is 26.7. The maximum atomic E-state index is 13.2. The molecule has 4 N–H and O–H groups in total. The summed E-state index contributed by atoms with van der Waals surface area (Å²) in [6, 6.07) is 22.6. The van der Waals surface area contributed by atoms with Crippen LogP contribution < -0.4 is 15.8 Å². The van der Waals surface area contributed by atoms with Crippen LogP contribution >= 0.6 is 11.6 Å². The smallest absolute Gasteiger partial charge is 0.232 e. The van der Waals surface area contributed by atoms with E-state index in [1.807, 2.05) is 60.7 Å². The van der Waals surface area contributed by atoms with Crippen molar-refractivity contribution < 1.29 is 19.4 Å². The van der Waals surface area contributed by atoms with Gasteiger partial charge in [0.05, 0.1) is 24.4 Å². The number of carbonyl (C=O) groups excluding carboxylic acids is 2. The molecule has 2 amide bonds. The highest BCUT2D eigenvalue weighted by molar-refractivity contribution is 6.33. The number of benzene rings is 3. The van der Waals surface area contributed by atoms with Crippen LogP contribution in [0.2, 0.25) is 5.02 Å². The van der Waals surface area contributed by atoms with E-state index in [9.17, 15) is 14.7 Å². The number of likely N-dealkylation sites (tertiary alicyclic amines) is 1. The highest BCUT2D eigenvalue weighted by Crippen LogP contribution is 2.43. The van der Waals surface area contributed by atoms with Crippen LogP contribution in [0.3, 0.4) is 0 Å². The molecular formula is C29H32ClN3O4. The summed E-state index contributed by atoms with van der Waals surface area (Å²) in [5.74, 6) is -0.141. The molecule has 7 nitrogen and oxygen atoms in total. The number of amides is 2. The van der Waals surface area contributed by atoms with Crippen molar-refractivity contribution in [3.8, 4) is 5.75 Å². The number of halogens is 1. The molecule has 1 atom stereocenters. The van der Waals surface area contributed by atoms with Crippen LogP contribution in [0, 0.1) is 5.92 Å². The van der Waals surface area contributed by atoms with Gasteiger partial charge in [0.15, 0.2) is 0 Å². The van der Waals surface area contributed by atoms with Crippen LogP contribution in [0.4, 0.5) is 5.69 Å². The Hall–Kier alpha value is -3.39. The summed E-state index contributed by atoms with van der Waals surface area (Å²) >= 11 is 6.29. The van der Waals surface area contributed by atoms with Crippen molar-refractivity contribution in [1.82, 2.24) is 4.90 Å². The molecule has 37 heavy (non-hydrogen) atoms. The van der Waals surface area contributed by atoms with Gasteiger partial charge in [-0.3, -0.25) is 9.59 Å². The number of ether oxygens (including phenoxy) is 1. The van der Waals surface area contributed by atoms with Crippen molar-refractivity contribution in [3.05, 3.63) is 94.5 Å². The summed E-state index contributed by atoms with van der Waals surface area (Å²) in [6.45, 7) is 1.71. The molecule has 3 aromatic rings. The predicted octanol–water partition coefficient (Wildman–Crippen LogP) is 3.96. The van der Waals surface area contributed by atoms with E-state index >= 15 is 0 Å². The van der Waals surface area contributed by atoms with Crippen molar-refractivity contribution >= 4 is 29.1 Å². The van der Waals surface area contributed by atoms with Crippen molar-refractivity contribution in [2.75, 3.05) is 32.1 Å². The Balaban J connectivity index is 1.48. The van der Waals surface area contributed by atoms with Gasteiger partial charge in [0.1, 0.15) is 11.2 Å². The molecule has 1 aliphatic heterocycles. The first-order valence-corrected chi connectivity index (χ1v) is 12.7. The van der Waals surface area contributed by atoms with Crippen molar-refractivity contribution in [2.45, 2.75) is 24.9 Å². The molecule has 1 heterocycles. The zero-order valence-corrected chi connectivity index (χ0v) is 21.6. The molecule has 1 unspecified atom stereocenters. The van der Waals surface area contributed by atoms with Crippen LogP contribution in [0.1, 0.15) is 29.5 Å². The number of methoxy groups -OCH3 is 1. The molecule has 0 saturated carbocycles. The Morgan fingerprint density at radius 1 is 1.11 bits per heavy atom. The molecule has 3 aromatic carbocycles. The van der Waals surface area contributed by atoms with Gasteiger partial charge >= 0.3 is 0 Å². The monoisotopic (exact) mass is 521 g/mol. The second-order valence-corrected chi connectivity index (χ2v) is 9.70. The lowest BCUT2D eigenvalue weighted by atomic mass is 9.64. The summed E-state index contributed by atoms with van der Waals surface area (Å²) in [5.41, 5.74) is 7.95. The number of aliphatic hydroxyl groups is 1. The van der Waals surface area contributed by atoms with E-state index in [1.54, 1.807) is 12.1 Å². The lowest BCUT2D eigenvalue weighted by Crippen LogP contribution is -2.49. The van der Waals surface area contributed by atoms with Gasteiger partial charge in [-0.15, -0.1) is 0 Å². The summed E-state index contributed by atoms with van der Waals surface area (Å²) in [4.78, 5) is 28.2. The molecule has 8 heteroatoms. The molecule has 0 aromatic heterocycles. The van der Waals surface area contributed by atoms with E-state index in [-0.39, 0.29) is 30.8 Å². The number of primary amides is 1. The van der Waals surface area contributed by atoms with E-state index in [0.717, 1.165) is 24.1 Å². The minimum atomic E-state index is -0.960. The molecule has 0 spiro atoms. The number of rotatable bonds is 10. The number of hydrogen-bond donors (Lipinski definition) is 3. The van der Waals surface area contributed by atoms with Gasteiger partial charge in [0.25, 0.3) is 0 Å². The standard InChI is InChI=1S/C29H32ClN3O4/c1-37-26-17-25(24(30)16-20(26)19-34)32-27(35)13-15-33-14-12-23(18-33)29(28(31)36,21-8-4-2-5-9-21)22-10-6-3-7-11-22/h2-11,16-17,23,34H,12-15,18-19H2,1H3,(H2,31,36)(H,32,35). The number of aliphatic hydroxyl groups excluding tert-OH is 1. The first-order chi connectivity index (χ1) is 17.9. The molecule has 0 radical (unpaired) electrons. The average molecular weight is 522 g/mol.